The lowest BCUT2D eigenvalue weighted by Crippen LogP contribution is -2.42. The Hall–Kier alpha value is -2.75. The Morgan fingerprint density at radius 3 is 2.94 bits per heavy atom. The number of fused-ring (bicyclic) bond motifs is 1. The molecule has 1 saturated heterocycles. The number of nitrogens with zero attached hydrogens (tertiary/aromatic N) is 4. The van der Waals surface area contributed by atoms with Crippen molar-refractivity contribution in [2.45, 2.75) is 51.5 Å². The first-order chi connectivity index (χ1) is 15.5. The van der Waals surface area contributed by atoms with Crippen molar-refractivity contribution in [2.75, 3.05) is 31.6 Å². The van der Waals surface area contributed by atoms with Crippen LogP contribution in [0.3, 0.4) is 0 Å². The van der Waals surface area contributed by atoms with Gasteiger partial charge in [0.2, 0.25) is 11.8 Å². The second kappa shape index (κ2) is 10.2. The van der Waals surface area contributed by atoms with Gasteiger partial charge in [0.25, 0.3) is 5.56 Å². The summed E-state index contributed by atoms with van der Waals surface area (Å²) < 4.78 is 1.77. The molecule has 0 unspecified atom stereocenters. The normalized spacial score (nSPS) is 19.0. The summed E-state index contributed by atoms with van der Waals surface area (Å²) in [6.45, 7) is 1.89. The molecule has 2 aromatic heterocycles. The van der Waals surface area contributed by atoms with Gasteiger partial charge in [0.05, 0.1) is 5.92 Å². The second-order valence-electron chi connectivity index (χ2n) is 8.43. The van der Waals surface area contributed by atoms with Gasteiger partial charge >= 0.3 is 0 Å². The zero-order valence-electron chi connectivity index (χ0n) is 18.4. The van der Waals surface area contributed by atoms with E-state index in [2.05, 4.69) is 26.7 Å². The summed E-state index contributed by atoms with van der Waals surface area (Å²) in [7, 11) is 1.65. The minimum atomic E-state index is -0.260. The molecule has 172 valence electrons. The van der Waals surface area contributed by atoms with Gasteiger partial charge in [-0.05, 0) is 44.9 Å². The molecule has 9 nitrogen and oxygen atoms in total. The maximum Gasteiger partial charge on any atom is 0.273 e. The van der Waals surface area contributed by atoms with Gasteiger partial charge in [-0.2, -0.15) is 4.98 Å². The molecule has 4 rings (SSSR count). The molecule has 0 bridgehead atoms. The molecule has 2 N–H and O–H groups in total. The smallest absolute Gasteiger partial charge is 0.273 e. The number of hydrogen-bond donors (Lipinski definition) is 2. The molecule has 1 atom stereocenters. The predicted octanol–water partition coefficient (Wildman–Crippen LogP) is 1.82. The van der Waals surface area contributed by atoms with E-state index in [1.807, 2.05) is 4.90 Å². The van der Waals surface area contributed by atoms with Crippen LogP contribution in [0.1, 0.15) is 44.9 Å². The molecule has 0 radical (unpaired) electrons. The summed E-state index contributed by atoms with van der Waals surface area (Å²) in [6.07, 6.45) is 11.0. The molecule has 1 aliphatic carbocycles. The zero-order chi connectivity index (χ0) is 22.5. The molecule has 0 spiro atoms. The molecule has 0 saturated carbocycles. The number of amides is 2. The van der Waals surface area contributed by atoms with Crippen molar-refractivity contribution in [1.29, 1.82) is 0 Å². The molecule has 2 aromatic rings. The molecular formula is C22H30N6O3S. The molecule has 3 heterocycles. The highest BCUT2D eigenvalue weighted by Gasteiger charge is 2.27. The number of piperidine rings is 1. The van der Waals surface area contributed by atoms with E-state index in [-0.39, 0.29) is 29.8 Å². The number of anilines is 1. The minimum absolute atomic E-state index is 0.0297. The van der Waals surface area contributed by atoms with E-state index in [1.54, 1.807) is 7.05 Å². The first-order valence-corrected chi connectivity index (χ1v) is 12.1. The first-order valence-electron chi connectivity index (χ1n) is 11.3. The van der Waals surface area contributed by atoms with Crippen LogP contribution in [0.2, 0.25) is 0 Å². The van der Waals surface area contributed by atoms with Crippen LogP contribution in [-0.4, -0.2) is 53.0 Å². The van der Waals surface area contributed by atoms with E-state index < -0.39 is 0 Å². The van der Waals surface area contributed by atoms with E-state index >= 15 is 0 Å². The van der Waals surface area contributed by atoms with Gasteiger partial charge in [0.1, 0.15) is 17.6 Å². The van der Waals surface area contributed by atoms with Gasteiger partial charge in [-0.3, -0.25) is 19.0 Å². The Bertz CT molecular complexity index is 1080. The standard InChI is InChI=1S/C22H30N6O3S/c1-23-20(30)16-8-5-11-27(12-16)22-26-19-18(32-22)21(31)28(14-25-19)13-17(29)24-10-9-15-6-3-2-4-7-15/h6,14,16H,2-5,7-13H2,1H3,(H,23,30)(H,24,29)/t16-/m0/s1. The third-order valence-electron chi connectivity index (χ3n) is 6.15. The van der Waals surface area contributed by atoms with E-state index in [0.29, 0.717) is 28.6 Å². The lowest BCUT2D eigenvalue weighted by molar-refractivity contribution is -0.124. The predicted molar refractivity (Wildman–Crippen MR) is 125 cm³/mol. The third-order valence-corrected chi connectivity index (χ3v) is 7.24. The summed E-state index contributed by atoms with van der Waals surface area (Å²) in [5, 5.41) is 6.31. The minimum Gasteiger partial charge on any atom is -0.359 e. The first kappa shape index (κ1) is 22.4. The lowest BCUT2D eigenvalue weighted by atomic mass is 9.97. The van der Waals surface area contributed by atoms with Crippen molar-refractivity contribution in [1.82, 2.24) is 25.2 Å². The topological polar surface area (TPSA) is 109 Å². The molecule has 1 aliphatic heterocycles. The number of nitrogens with one attached hydrogen (secondary N) is 2. The molecule has 32 heavy (non-hydrogen) atoms. The van der Waals surface area contributed by atoms with Gasteiger partial charge in [0, 0.05) is 26.7 Å². The number of hydrogen-bond acceptors (Lipinski definition) is 7. The Morgan fingerprint density at radius 1 is 1.28 bits per heavy atom. The van der Waals surface area contributed by atoms with Gasteiger partial charge in [-0.25, -0.2) is 4.98 Å². The molecule has 1 fully saturated rings. The van der Waals surface area contributed by atoms with Crippen molar-refractivity contribution in [2.24, 2.45) is 5.92 Å². The van der Waals surface area contributed by atoms with Crippen LogP contribution >= 0.6 is 11.3 Å². The molecule has 10 heteroatoms. The molecular weight excluding hydrogens is 428 g/mol. The summed E-state index contributed by atoms with van der Waals surface area (Å²) >= 11 is 1.28. The van der Waals surface area contributed by atoms with Crippen LogP contribution in [0.15, 0.2) is 22.8 Å². The number of rotatable bonds is 7. The lowest BCUT2D eigenvalue weighted by Gasteiger charge is -2.31. The summed E-state index contributed by atoms with van der Waals surface area (Å²) in [6, 6.07) is 0. The largest absolute Gasteiger partial charge is 0.359 e. The highest BCUT2D eigenvalue weighted by molar-refractivity contribution is 7.22. The van der Waals surface area contributed by atoms with Crippen LogP contribution in [0.5, 0.6) is 0 Å². The van der Waals surface area contributed by atoms with Crippen LogP contribution in [0, 0.1) is 5.92 Å². The third kappa shape index (κ3) is 5.17. The van der Waals surface area contributed by atoms with Crippen LogP contribution in [0.4, 0.5) is 5.13 Å². The van der Waals surface area contributed by atoms with Crippen LogP contribution in [0.25, 0.3) is 10.3 Å². The average molecular weight is 459 g/mol. The molecule has 0 aromatic carbocycles. The van der Waals surface area contributed by atoms with Crippen LogP contribution in [-0.2, 0) is 16.1 Å². The molecule has 2 amide bonds. The summed E-state index contributed by atoms with van der Waals surface area (Å²) in [4.78, 5) is 48.2. The Balaban J connectivity index is 1.40. The van der Waals surface area contributed by atoms with Crippen molar-refractivity contribution in [3.05, 3.63) is 28.3 Å². The van der Waals surface area contributed by atoms with E-state index in [4.69, 9.17) is 0 Å². The fourth-order valence-electron chi connectivity index (χ4n) is 4.36. The van der Waals surface area contributed by atoms with Gasteiger partial charge in [-0.1, -0.05) is 23.0 Å². The van der Waals surface area contributed by atoms with E-state index in [1.165, 1.54) is 40.6 Å². The second-order valence-corrected chi connectivity index (χ2v) is 9.41. The van der Waals surface area contributed by atoms with Gasteiger partial charge in [0.15, 0.2) is 10.8 Å². The molecule has 2 aliphatic rings. The Labute approximate surface area is 190 Å². The van der Waals surface area contributed by atoms with E-state index in [0.717, 1.165) is 38.6 Å². The number of thiazole rings is 1. The number of carbonyl (C=O) groups is 2. The average Bonchev–Trinajstić information content (AvgIpc) is 3.26. The monoisotopic (exact) mass is 458 g/mol. The van der Waals surface area contributed by atoms with Gasteiger partial charge in [-0.15, -0.1) is 0 Å². The quantitative estimate of drug-likeness (QED) is 0.613. The Kier molecular flexibility index (Phi) is 7.19. The fraction of sp³-hybridized carbons (Fsp3) is 0.591. The van der Waals surface area contributed by atoms with E-state index in [9.17, 15) is 14.4 Å². The van der Waals surface area contributed by atoms with Crippen LogP contribution < -0.4 is 21.1 Å². The number of aromatic nitrogens is 3. The summed E-state index contributed by atoms with van der Waals surface area (Å²) in [5.74, 6) is -0.251. The SMILES string of the molecule is CNC(=O)[C@H]1CCCN(c2nc3ncn(CC(=O)NCCC4=CCCCC4)c(=O)c3s2)C1. The highest BCUT2D eigenvalue weighted by Crippen LogP contribution is 2.29. The number of carbonyl (C=O) groups excluding carboxylic acids is 2. The van der Waals surface area contributed by atoms with Crippen molar-refractivity contribution in [3.63, 3.8) is 0 Å². The summed E-state index contributed by atoms with van der Waals surface area (Å²) in [5.41, 5.74) is 1.53. The number of allylic oxidation sites excluding steroid dienone is 1. The fourth-order valence-corrected chi connectivity index (χ4v) is 5.36. The van der Waals surface area contributed by atoms with Gasteiger partial charge < -0.3 is 15.5 Å². The highest BCUT2D eigenvalue weighted by atomic mass is 32.1. The maximum absolute atomic E-state index is 12.9. The Morgan fingerprint density at radius 2 is 2.16 bits per heavy atom. The van der Waals surface area contributed by atoms with Crippen molar-refractivity contribution < 1.29 is 9.59 Å². The van der Waals surface area contributed by atoms with Crippen molar-refractivity contribution >= 4 is 38.6 Å². The zero-order valence-corrected chi connectivity index (χ0v) is 19.2. The van der Waals surface area contributed by atoms with Crippen molar-refractivity contribution in [3.8, 4) is 0 Å². The maximum atomic E-state index is 12.9.